The Balaban J connectivity index is 1.72. The second-order valence-electron chi connectivity index (χ2n) is 5.62. The van der Waals surface area contributed by atoms with Gasteiger partial charge in [-0.15, -0.1) is 0 Å². The van der Waals surface area contributed by atoms with Gasteiger partial charge in [-0.3, -0.25) is 0 Å². The van der Waals surface area contributed by atoms with Gasteiger partial charge in [0.15, 0.2) is 5.11 Å². The fourth-order valence-electron chi connectivity index (χ4n) is 2.83. The second-order valence-corrected chi connectivity index (χ2v) is 6.03. The summed E-state index contributed by atoms with van der Waals surface area (Å²) in [5.74, 6) is -0.319. The third-order valence-electron chi connectivity index (χ3n) is 3.97. The highest BCUT2D eigenvalue weighted by Crippen LogP contribution is 2.28. The number of piperidine rings is 1. The van der Waals surface area contributed by atoms with Gasteiger partial charge in [-0.05, 0) is 55.7 Å². The van der Waals surface area contributed by atoms with Crippen molar-refractivity contribution in [2.24, 2.45) is 0 Å². The molecule has 0 radical (unpaired) electrons. The third kappa shape index (κ3) is 3.99. The monoisotopic (exact) mass is 329 g/mol. The van der Waals surface area contributed by atoms with Crippen molar-refractivity contribution in [2.45, 2.75) is 19.3 Å². The second kappa shape index (κ2) is 7.42. The van der Waals surface area contributed by atoms with Gasteiger partial charge in [0, 0.05) is 13.1 Å². The topological polar surface area (TPSA) is 27.3 Å². The van der Waals surface area contributed by atoms with Crippen LogP contribution in [0.5, 0.6) is 0 Å². The molecular weight excluding hydrogens is 309 g/mol. The molecule has 0 amide bonds. The molecule has 1 saturated heterocycles. The van der Waals surface area contributed by atoms with Crippen molar-refractivity contribution in [1.29, 1.82) is 0 Å². The van der Waals surface area contributed by atoms with Crippen molar-refractivity contribution in [2.75, 3.05) is 28.6 Å². The standard InChI is InChI=1S/C18H20FN3S/c19-14-8-2-3-9-15(14)20-18(23)21-16-10-4-5-11-17(16)22-12-6-1-7-13-22/h2-5,8-11H,1,6-7,12-13H2,(H2,20,21,23). The molecule has 0 aliphatic carbocycles. The first-order valence-electron chi connectivity index (χ1n) is 7.90. The quantitative estimate of drug-likeness (QED) is 0.803. The molecule has 3 nitrogen and oxygen atoms in total. The highest BCUT2D eigenvalue weighted by atomic mass is 32.1. The first-order chi connectivity index (χ1) is 11.2. The number of benzene rings is 2. The maximum atomic E-state index is 13.7. The molecule has 120 valence electrons. The number of hydrogen-bond acceptors (Lipinski definition) is 2. The Morgan fingerprint density at radius 2 is 1.48 bits per heavy atom. The molecule has 2 aromatic rings. The molecule has 5 heteroatoms. The Bertz CT molecular complexity index is 683. The smallest absolute Gasteiger partial charge is 0.175 e. The van der Waals surface area contributed by atoms with Crippen LogP contribution in [0.15, 0.2) is 48.5 Å². The molecule has 0 atom stereocenters. The zero-order valence-electron chi connectivity index (χ0n) is 12.9. The number of anilines is 3. The minimum Gasteiger partial charge on any atom is -0.370 e. The van der Waals surface area contributed by atoms with Crippen molar-refractivity contribution < 1.29 is 4.39 Å². The van der Waals surface area contributed by atoms with Crippen LogP contribution in [-0.2, 0) is 0 Å². The predicted molar refractivity (Wildman–Crippen MR) is 98.7 cm³/mol. The first kappa shape index (κ1) is 15.7. The summed E-state index contributed by atoms with van der Waals surface area (Å²) in [6.07, 6.45) is 3.72. The van der Waals surface area contributed by atoms with E-state index >= 15 is 0 Å². The van der Waals surface area contributed by atoms with Crippen LogP contribution in [0.4, 0.5) is 21.5 Å². The molecule has 1 aliphatic rings. The van der Waals surface area contributed by atoms with Crippen LogP contribution in [0.25, 0.3) is 0 Å². The number of thiocarbonyl (C=S) groups is 1. The van der Waals surface area contributed by atoms with Gasteiger partial charge >= 0.3 is 0 Å². The Morgan fingerprint density at radius 3 is 2.22 bits per heavy atom. The molecule has 0 bridgehead atoms. The number of para-hydroxylation sites is 3. The number of halogens is 1. The highest BCUT2D eigenvalue weighted by Gasteiger charge is 2.14. The van der Waals surface area contributed by atoms with Crippen molar-refractivity contribution in [1.82, 2.24) is 0 Å². The molecule has 1 fully saturated rings. The molecule has 1 heterocycles. The third-order valence-corrected chi connectivity index (χ3v) is 4.18. The van der Waals surface area contributed by atoms with Crippen LogP contribution in [-0.4, -0.2) is 18.2 Å². The van der Waals surface area contributed by atoms with E-state index in [0.29, 0.717) is 10.8 Å². The lowest BCUT2D eigenvalue weighted by atomic mass is 10.1. The summed E-state index contributed by atoms with van der Waals surface area (Å²) >= 11 is 5.33. The normalized spacial score (nSPS) is 14.4. The highest BCUT2D eigenvalue weighted by molar-refractivity contribution is 7.80. The summed E-state index contributed by atoms with van der Waals surface area (Å²) in [6.45, 7) is 2.12. The van der Waals surface area contributed by atoms with E-state index in [1.807, 2.05) is 18.2 Å². The zero-order chi connectivity index (χ0) is 16.1. The minimum atomic E-state index is -0.319. The summed E-state index contributed by atoms with van der Waals surface area (Å²) in [7, 11) is 0. The van der Waals surface area contributed by atoms with Gasteiger partial charge < -0.3 is 15.5 Å². The molecule has 3 rings (SSSR count). The van der Waals surface area contributed by atoms with Gasteiger partial charge in [0.25, 0.3) is 0 Å². The summed E-state index contributed by atoms with van der Waals surface area (Å²) in [4.78, 5) is 2.37. The molecule has 2 aromatic carbocycles. The van der Waals surface area contributed by atoms with Crippen LogP contribution in [0.1, 0.15) is 19.3 Å². The average Bonchev–Trinajstić information content (AvgIpc) is 2.58. The van der Waals surface area contributed by atoms with Crippen LogP contribution in [0, 0.1) is 5.82 Å². The Labute approximate surface area is 141 Å². The molecule has 0 saturated carbocycles. The lowest BCUT2D eigenvalue weighted by Gasteiger charge is -2.30. The summed E-state index contributed by atoms with van der Waals surface area (Å²) in [6, 6.07) is 14.6. The van der Waals surface area contributed by atoms with Crippen molar-refractivity contribution in [3.8, 4) is 0 Å². The van der Waals surface area contributed by atoms with Gasteiger partial charge in [-0.25, -0.2) is 4.39 Å². The van der Waals surface area contributed by atoms with Gasteiger partial charge in [0.1, 0.15) is 5.82 Å². The molecular formula is C18H20FN3S. The van der Waals surface area contributed by atoms with E-state index in [2.05, 4.69) is 21.6 Å². The van der Waals surface area contributed by atoms with Crippen LogP contribution in [0.3, 0.4) is 0 Å². The zero-order valence-corrected chi connectivity index (χ0v) is 13.7. The Morgan fingerprint density at radius 1 is 0.870 bits per heavy atom. The summed E-state index contributed by atoms with van der Waals surface area (Å²) in [5.41, 5.74) is 2.47. The lowest BCUT2D eigenvalue weighted by Crippen LogP contribution is -2.30. The molecule has 0 unspecified atom stereocenters. The molecule has 0 aromatic heterocycles. The molecule has 0 spiro atoms. The summed E-state index contributed by atoms with van der Waals surface area (Å²) in [5, 5.41) is 6.50. The van der Waals surface area contributed by atoms with Crippen molar-refractivity contribution in [3.63, 3.8) is 0 Å². The van der Waals surface area contributed by atoms with Crippen LogP contribution >= 0.6 is 12.2 Å². The van der Waals surface area contributed by atoms with E-state index in [0.717, 1.165) is 24.5 Å². The minimum absolute atomic E-state index is 0.319. The maximum Gasteiger partial charge on any atom is 0.175 e. The Hall–Kier alpha value is -2.14. The van der Waals surface area contributed by atoms with E-state index < -0.39 is 0 Å². The fourth-order valence-corrected chi connectivity index (χ4v) is 3.05. The van der Waals surface area contributed by atoms with E-state index in [9.17, 15) is 4.39 Å². The van der Waals surface area contributed by atoms with E-state index in [1.54, 1.807) is 18.2 Å². The SMILES string of the molecule is Fc1ccccc1NC(=S)Nc1ccccc1N1CCCCC1. The molecule has 2 N–H and O–H groups in total. The van der Waals surface area contributed by atoms with E-state index in [-0.39, 0.29) is 5.82 Å². The van der Waals surface area contributed by atoms with Gasteiger partial charge in [-0.1, -0.05) is 24.3 Å². The predicted octanol–water partition coefficient (Wildman–Crippen LogP) is 4.62. The van der Waals surface area contributed by atoms with Gasteiger partial charge in [-0.2, -0.15) is 0 Å². The maximum absolute atomic E-state index is 13.7. The number of nitrogens with zero attached hydrogens (tertiary/aromatic N) is 1. The van der Waals surface area contributed by atoms with Gasteiger partial charge in [0.05, 0.1) is 17.1 Å². The lowest BCUT2D eigenvalue weighted by molar-refractivity contribution is 0.578. The van der Waals surface area contributed by atoms with Crippen LogP contribution in [0.2, 0.25) is 0 Å². The number of hydrogen-bond donors (Lipinski definition) is 2. The Kier molecular flexibility index (Phi) is 5.08. The average molecular weight is 329 g/mol. The molecule has 1 aliphatic heterocycles. The number of nitrogens with one attached hydrogen (secondary N) is 2. The number of rotatable bonds is 3. The molecule has 23 heavy (non-hydrogen) atoms. The summed E-state index contributed by atoms with van der Waals surface area (Å²) < 4.78 is 13.7. The van der Waals surface area contributed by atoms with E-state index in [4.69, 9.17) is 12.2 Å². The van der Waals surface area contributed by atoms with Crippen molar-refractivity contribution in [3.05, 3.63) is 54.3 Å². The fraction of sp³-hybridized carbons (Fsp3) is 0.278. The first-order valence-corrected chi connectivity index (χ1v) is 8.31. The largest absolute Gasteiger partial charge is 0.370 e. The van der Waals surface area contributed by atoms with E-state index in [1.165, 1.54) is 25.3 Å². The van der Waals surface area contributed by atoms with Crippen LogP contribution < -0.4 is 15.5 Å². The van der Waals surface area contributed by atoms with Gasteiger partial charge in [0.2, 0.25) is 0 Å². The van der Waals surface area contributed by atoms with Crippen molar-refractivity contribution >= 4 is 34.4 Å².